The summed E-state index contributed by atoms with van der Waals surface area (Å²) >= 11 is 5.86. The van der Waals surface area contributed by atoms with Crippen molar-refractivity contribution in [3.05, 3.63) is 59.1 Å². The first-order chi connectivity index (χ1) is 8.63. The van der Waals surface area contributed by atoms with Crippen molar-refractivity contribution in [2.75, 3.05) is 11.1 Å². The van der Waals surface area contributed by atoms with Gasteiger partial charge in [0.05, 0.1) is 6.42 Å². The molecule has 0 heterocycles. The fourth-order valence-corrected chi connectivity index (χ4v) is 1.87. The molecular formula is C14H13ClN2O. The van der Waals surface area contributed by atoms with Gasteiger partial charge >= 0.3 is 0 Å². The molecular weight excluding hydrogens is 248 g/mol. The van der Waals surface area contributed by atoms with Gasteiger partial charge in [0.15, 0.2) is 0 Å². The second-order valence-electron chi connectivity index (χ2n) is 3.98. The van der Waals surface area contributed by atoms with Crippen molar-refractivity contribution in [1.82, 2.24) is 0 Å². The number of hydrogen-bond acceptors (Lipinski definition) is 2. The van der Waals surface area contributed by atoms with E-state index in [1.807, 2.05) is 12.1 Å². The molecule has 0 saturated carbocycles. The average Bonchev–Trinajstić information content (AvgIpc) is 2.28. The highest BCUT2D eigenvalue weighted by molar-refractivity contribution is 6.30. The van der Waals surface area contributed by atoms with Crippen LogP contribution < -0.4 is 11.1 Å². The molecule has 4 heteroatoms. The van der Waals surface area contributed by atoms with Gasteiger partial charge in [0.2, 0.25) is 5.91 Å². The van der Waals surface area contributed by atoms with Gasteiger partial charge in [-0.3, -0.25) is 4.79 Å². The number of hydrogen-bond donors (Lipinski definition) is 2. The zero-order valence-corrected chi connectivity index (χ0v) is 10.4. The monoisotopic (exact) mass is 260 g/mol. The average molecular weight is 261 g/mol. The molecule has 2 aromatic carbocycles. The number of nitrogens with one attached hydrogen (secondary N) is 1. The van der Waals surface area contributed by atoms with Gasteiger partial charge in [-0.05, 0) is 35.9 Å². The third-order valence-corrected chi connectivity index (χ3v) is 2.66. The second-order valence-corrected chi connectivity index (χ2v) is 4.42. The Balaban J connectivity index is 2.01. The van der Waals surface area contributed by atoms with Gasteiger partial charge in [0.1, 0.15) is 0 Å². The number of halogens is 1. The normalized spacial score (nSPS) is 10.1. The Morgan fingerprint density at radius 2 is 1.94 bits per heavy atom. The number of amides is 1. The Kier molecular flexibility index (Phi) is 3.85. The fourth-order valence-electron chi connectivity index (χ4n) is 1.65. The molecule has 0 aliphatic carbocycles. The molecule has 0 spiro atoms. The molecule has 92 valence electrons. The van der Waals surface area contributed by atoms with Crippen LogP contribution in [0.1, 0.15) is 5.56 Å². The number of nitrogen functional groups attached to an aromatic ring is 1. The molecule has 0 radical (unpaired) electrons. The molecule has 3 nitrogen and oxygen atoms in total. The number of anilines is 2. The molecule has 3 N–H and O–H groups in total. The second kappa shape index (κ2) is 5.56. The van der Waals surface area contributed by atoms with E-state index in [-0.39, 0.29) is 12.3 Å². The van der Waals surface area contributed by atoms with Gasteiger partial charge in [0.25, 0.3) is 0 Å². The largest absolute Gasteiger partial charge is 0.399 e. The topological polar surface area (TPSA) is 55.1 Å². The zero-order valence-electron chi connectivity index (χ0n) is 9.69. The maximum absolute atomic E-state index is 11.8. The highest BCUT2D eigenvalue weighted by atomic mass is 35.5. The lowest BCUT2D eigenvalue weighted by Gasteiger charge is -2.06. The van der Waals surface area contributed by atoms with E-state index < -0.39 is 0 Å². The van der Waals surface area contributed by atoms with Crippen LogP contribution in [0.5, 0.6) is 0 Å². The van der Waals surface area contributed by atoms with Crippen LogP contribution in [0.15, 0.2) is 48.5 Å². The highest BCUT2D eigenvalue weighted by Gasteiger charge is 2.04. The summed E-state index contributed by atoms with van der Waals surface area (Å²) in [6.07, 6.45) is 0.287. The lowest BCUT2D eigenvalue weighted by molar-refractivity contribution is -0.115. The molecule has 2 rings (SSSR count). The van der Waals surface area contributed by atoms with Gasteiger partial charge in [-0.15, -0.1) is 0 Å². The Morgan fingerprint density at radius 3 is 2.67 bits per heavy atom. The summed E-state index contributed by atoms with van der Waals surface area (Å²) in [5.41, 5.74) is 7.83. The maximum atomic E-state index is 11.8. The Hall–Kier alpha value is -2.00. The van der Waals surface area contributed by atoms with Crippen molar-refractivity contribution in [2.24, 2.45) is 0 Å². The quantitative estimate of drug-likeness (QED) is 0.833. The van der Waals surface area contributed by atoms with E-state index in [2.05, 4.69) is 5.32 Å². The summed E-state index contributed by atoms with van der Waals surface area (Å²) in [5.74, 6) is -0.0946. The number of benzene rings is 2. The highest BCUT2D eigenvalue weighted by Crippen LogP contribution is 2.14. The molecule has 0 bridgehead atoms. The summed E-state index contributed by atoms with van der Waals surface area (Å²) in [7, 11) is 0. The van der Waals surface area contributed by atoms with Crippen LogP contribution in [0.4, 0.5) is 11.4 Å². The van der Waals surface area contributed by atoms with Crippen LogP contribution in [-0.4, -0.2) is 5.91 Å². The maximum Gasteiger partial charge on any atom is 0.228 e. The van der Waals surface area contributed by atoms with Crippen LogP contribution in [0, 0.1) is 0 Å². The first kappa shape index (κ1) is 12.5. The van der Waals surface area contributed by atoms with Gasteiger partial charge in [0, 0.05) is 16.4 Å². The molecule has 0 atom stereocenters. The van der Waals surface area contributed by atoms with E-state index >= 15 is 0 Å². The van der Waals surface area contributed by atoms with Crippen LogP contribution in [0.2, 0.25) is 5.02 Å². The predicted octanol–water partition coefficient (Wildman–Crippen LogP) is 3.10. The summed E-state index contributed by atoms with van der Waals surface area (Å²) in [6, 6.07) is 14.3. The summed E-state index contributed by atoms with van der Waals surface area (Å²) < 4.78 is 0. The van der Waals surface area contributed by atoms with Gasteiger partial charge in [-0.2, -0.15) is 0 Å². The minimum absolute atomic E-state index is 0.0946. The first-order valence-corrected chi connectivity index (χ1v) is 5.91. The van der Waals surface area contributed by atoms with E-state index in [9.17, 15) is 4.79 Å². The Bertz CT molecular complexity index is 520. The summed E-state index contributed by atoms with van der Waals surface area (Å²) in [5, 5.41) is 3.42. The van der Waals surface area contributed by atoms with E-state index in [1.165, 1.54) is 0 Å². The fraction of sp³-hybridized carbons (Fsp3) is 0.0714. The standard InChI is InChI=1S/C14H13ClN2O/c15-11-4-1-3-10(7-11)8-14(18)17-13-6-2-5-12(16)9-13/h1-7,9H,8,16H2,(H,17,18). The van der Waals surface area contributed by atoms with Crippen LogP contribution in [-0.2, 0) is 11.2 Å². The molecule has 0 fully saturated rings. The molecule has 0 unspecified atom stereocenters. The summed E-state index contributed by atoms with van der Waals surface area (Å²) in [4.78, 5) is 11.8. The third kappa shape index (κ3) is 3.50. The Labute approximate surface area is 111 Å². The number of carbonyl (C=O) groups is 1. The van der Waals surface area contributed by atoms with Crippen molar-refractivity contribution < 1.29 is 4.79 Å². The van der Waals surface area contributed by atoms with Crippen molar-refractivity contribution in [3.63, 3.8) is 0 Å². The van der Waals surface area contributed by atoms with E-state index in [0.29, 0.717) is 16.4 Å². The van der Waals surface area contributed by atoms with Crippen LogP contribution >= 0.6 is 11.6 Å². The van der Waals surface area contributed by atoms with E-state index in [0.717, 1.165) is 5.56 Å². The SMILES string of the molecule is Nc1cccc(NC(=O)Cc2cccc(Cl)c2)c1. The predicted molar refractivity (Wildman–Crippen MR) is 74.6 cm³/mol. The van der Waals surface area contributed by atoms with Crippen molar-refractivity contribution in [3.8, 4) is 0 Å². The van der Waals surface area contributed by atoms with E-state index in [1.54, 1.807) is 36.4 Å². The molecule has 0 aliphatic rings. The van der Waals surface area contributed by atoms with Gasteiger partial charge in [-0.1, -0.05) is 29.8 Å². The zero-order chi connectivity index (χ0) is 13.0. The minimum Gasteiger partial charge on any atom is -0.399 e. The third-order valence-electron chi connectivity index (χ3n) is 2.42. The smallest absolute Gasteiger partial charge is 0.228 e. The lowest BCUT2D eigenvalue weighted by atomic mass is 10.1. The summed E-state index contributed by atoms with van der Waals surface area (Å²) in [6.45, 7) is 0. The molecule has 0 aliphatic heterocycles. The van der Waals surface area contributed by atoms with Gasteiger partial charge in [-0.25, -0.2) is 0 Å². The van der Waals surface area contributed by atoms with Crippen LogP contribution in [0.3, 0.4) is 0 Å². The van der Waals surface area contributed by atoms with Crippen molar-refractivity contribution >= 4 is 28.9 Å². The van der Waals surface area contributed by atoms with Crippen LogP contribution in [0.25, 0.3) is 0 Å². The molecule has 2 aromatic rings. The Morgan fingerprint density at radius 1 is 1.17 bits per heavy atom. The van der Waals surface area contributed by atoms with Crippen molar-refractivity contribution in [2.45, 2.75) is 6.42 Å². The van der Waals surface area contributed by atoms with Gasteiger partial charge < -0.3 is 11.1 Å². The number of carbonyl (C=O) groups excluding carboxylic acids is 1. The number of rotatable bonds is 3. The molecule has 1 amide bonds. The lowest BCUT2D eigenvalue weighted by Crippen LogP contribution is -2.14. The van der Waals surface area contributed by atoms with Crippen molar-refractivity contribution in [1.29, 1.82) is 0 Å². The minimum atomic E-state index is -0.0946. The molecule has 0 aromatic heterocycles. The number of nitrogens with two attached hydrogens (primary N) is 1. The molecule has 18 heavy (non-hydrogen) atoms. The first-order valence-electron chi connectivity index (χ1n) is 5.53. The molecule has 0 saturated heterocycles. The van der Waals surface area contributed by atoms with E-state index in [4.69, 9.17) is 17.3 Å².